The fourth-order valence-corrected chi connectivity index (χ4v) is 4.90. The number of hydrogen-bond donors (Lipinski definition) is 1. The zero-order chi connectivity index (χ0) is 20.6. The Morgan fingerprint density at radius 3 is 2.54 bits per heavy atom. The van der Waals surface area contributed by atoms with Crippen molar-refractivity contribution < 1.29 is 13.2 Å². The van der Waals surface area contributed by atoms with Crippen molar-refractivity contribution >= 4 is 21.6 Å². The van der Waals surface area contributed by atoms with Crippen LogP contribution in [0.1, 0.15) is 39.5 Å². The number of piperidine rings is 1. The van der Waals surface area contributed by atoms with Gasteiger partial charge in [-0.3, -0.25) is 9.69 Å². The number of anilines is 1. The molecule has 1 amide bonds. The average molecular weight is 407 g/mol. The smallest absolute Gasteiger partial charge is 0.244 e. The van der Waals surface area contributed by atoms with Crippen molar-refractivity contribution in [1.82, 2.24) is 9.62 Å². The number of benzene rings is 1. The Hall–Kier alpha value is -1.95. The number of nitrogens with one attached hydrogen (secondary N) is 1. The van der Waals surface area contributed by atoms with Crippen molar-refractivity contribution in [3.8, 4) is 6.07 Å². The molecular weight excluding hydrogens is 376 g/mol. The number of rotatable bonds is 9. The highest BCUT2D eigenvalue weighted by Crippen LogP contribution is 2.20. The summed E-state index contributed by atoms with van der Waals surface area (Å²) in [4.78, 5) is 16.9. The molecule has 7 nitrogen and oxygen atoms in total. The van der Waals surface area contributed by atoms with Gasteiger partial charge in [-0.1, -0.05) is 25.1 Å². The maximum Gasteiger partial charge on any atom is 0.244 e. The molecule has 28 heavy (non-hydrogen) atoms. The van der Waals surface area contributed by atoms with Crippen molar-refractivity contribution in [2.75, 3.05) is 30.3 Å². The standard InChI is InChI=1S/C20H30N4O3S/c1-3-16-28(26,27)22-18-10-14-23(15-11-18)17(2)20(25)24(13-7-12-21)19-8-5-4-6-9-19/h4-6,8-9,17-18,22H,3,7,10-11,13-16H2,1-2H3. The van der Waals surface area contributed by atoms with Gasteiger partial charge in [0.25, 0.3) is 0 Å². The molecule has 0 aromatic heterocycles. The van der Waals surface area contributed by atoms with Crippen molar-refractivity contribution in [2.24, 2.45) is 0 Å². The van der Waals surface area contributed by atoms with Crippen LogP contribution >= 0.6 is 0 Å². The quantitative estimate of drug-likeness (QED) is 0.678. The lowest BCUT2D eigenvalue weighted by Gasteiger charge is -2.37. The van der Waals surface area contributed by atoms with Gasteiger partial charge in [0.2, 0.25) is 15.9 Å². The van der Waals surface area contributed by atoms with E-state index in [4.69, 9.17) is 5.26 Å². The van der Waals surface area contributed by atoms with E-state index in [1.807, 2.05) is 44.2 Å². The maximum absolute atomic E-state index is 13.1. The van der Waals surface area contributed by atoms with E-state index in [-0.39, 0.29) is 30.2 Å². The minimum atomic E-state index is -3.22. The lowest BCUT2D eigenvalue weighted by molar-refractivity contribution is -0.123. The highest BCUT2D eigenvalue weighted by Gasteiger charge is 2.31. The molecule has 0 spiro atoms. The molecule has 1 aromatic rings. The highest BCUT2D eigenvalue weighted by molar-refractivity contribution is 7.89. The zero-order valence-corrected chi connectivity index (χ0v) is 17.5. The number of nitrogens with zero attached hydrogens (tertiary/aromatic N) is 3. The van der Waals surface area contributed by atoms with Crippen LogP contribution in [0.3, 0.4) is 0 Å². The van der Waals surface area contributed by atoms with Crippen LogP contribution in [0.15, 0.2) is 30.3 Å². The van der Waals surface area contributed by atoms with Crippen LogP contribution in [0, 0.1) is 11.3 Å². The van der Waals surface area contributed by atoms with Crippen LogP contribution in [0.5, 0.6) is 0 Å². The fraction of sp³-hybridized carbons (Fsp3) is 0.600. The molecule has 2 rings (SSSR count). The Bertz CT molecular complexity index is 768. The molecule has 1 aromatic carbocycles. The fourth-order valence-electron chi connectivity index (χ4n) is 3.50. The summed E-state index contributed by atoms with van der Waals surface area (Å²) in [6.45, 7) is 5.41. The number of sulfonamides is 1. The minimum Gasteiger partial charge on any atom is -0.310 e. The number of carbonyl (C=O) groups is 1. The Labute approximate surface area is 168 Å². The third-order valence-corrected chi connectivity index (χ3v) is 6.67. The summed E-state index contributed by atoms with van der Waals surface area (Å²) < 4.78 is 26.7. The zero-order valence-electron chi connectivity index (χ0n) is 16.7. The maximum atomic E-state index is 13.1. The first-order chi connectivity index (χ1) is 13.4. The van der Waals surface area contributed by atoms with Gasteiger partial charge in [0.15, 0.2) is 0 Å². The molecule has 1 unspecified atom stereocenters. The SMILES string of the molecule is CCCS(=O)(=O)NC1CCN(C(C)C(=O)N(CCC#N)c2ccccc2)CC1. The Balaban J connectivity index is 1.98. The summed E-state index contributed by atoms with van der Waals surface area (Å²) in [5.41, 5.74) is 0.789. The molecule has 0 radical (unpaired) electrons. The highest BCUT2D eigenvalue weighted by atomic mass is 32.2. The summed E-state index contributed by atoms with van der Waals surface area (Å²) in [6.07, 6.45) is 2.24. The van der Waals surface area contributed by atoms with Gasteiger partial charge in [0.1, 0.15) is 0 Å². The number of likely N-dealkylation sites (tertiary alicyclic amines) is 1. The van der Waals surface area contributed by atoms with Crippen LogP contribution in [-0.4, -0.2) is 56.7 Å². The number of amides is 1. The molecule has 154 valence electrons. The monoisotopic (exact) mass is 406 g/mol. The molecule has 0 bridgehead atoms. The summed E-state index contributed by atoms with van der Waals surface area (Å²) in [7, 11) is -3.22. The second-order valence-corrected chi connectivity index (χ2v) is 9.03. The van der Waals surface area contributed by atoms with Crippen LogP contribution in [0.25, 0.3) is 0 Å². The van der Waals surface area contributed by atoms with Crippen LogP contribution in [-0.2, 0) is 14.8 Å². The van der Waals surface area contributed by atoms with Gasteiger partial charge >= 0.3 is 0 Å². The molecular formula is C20H30N4O3S. The summed E-state index contributed by atoms with van der Waals surface area (Å²) in [5.74, 6) is 0.110. The number of para-hydroxylation sites is 1. The topological polar surface area (TPSA) is 93.5 Å². The van der Waals surface area contributed by atoms with Crippen LogP contribution in [0.4, 0.5) is 5.69 Å². The summed E-state index contributed by atoms with van der Waals surface area (Å²) in [6, 6.07) is 11.1. The van der Waals surface area contributed by atoms with Crippen molar-refractivity contribution in [3.63, 3.8) is 0 Å². The minimum absolute atomic E-state index is 0.0357. The molecule has 1 heterocycles. The molecule has 0 saturated carbocycles. The van der Waals surface area contributed by atoms with Gasteiger partial charge in [0.05, 0.1) is 24.3 Å². The van der Waals surface area contributed by atoms with Gasteiger partial charge < -0.3 is 4.90 Å². The van der Waals surface area contributed by atoms with E-state index >= 15 is 0 Å². The van der Waals surface area contributed by atoms with E-state index < -0.39 is 10.0 Å². The number of hydrogen-bond acceptors (Lipinski definition) is 5. The van der Waals surface area contributed by atoms with E-state index in [0.29, 0.717) is 38.9 Å². The van der Waals surface area contributed by atoms with E-state index in [0.717, 1.165) is 5.69 Å². The van der Waals surface area contributed by atoms with E-state index in [2.05, 4.69) is 15.7 Å². The molecule has 8 heteroatoms. The van der Waals surface area contributed by atoms with Gasteiger partial charge in [-0.05, 0) is 38.3 Å². The van der Waals surface area contributed by atoms with Crippen molar-refractivity contribution in [1.29, 1.82) is 5.26 Å². The normalized spacial score (nSPS) is 17.0. The van der Waals surface area contributed by atoms with Crippen molar-refractivity contribution in [3.05, 3.63) is 30.3 Å². The first kappa shape index (κ1) is 22.3. The van der Waals surface area contributed by atoms with E-state index in [1.165, 1.54) is 0 Å². The second kappa shape index (κ2) is 10.6. The summed E-state index contributed by atoms with van der Waals surface area (Å²) in [5, 5.41) is 8.94. The molecule has 1 saturated heterocycles. The van der Waals surface area contributed by atoms with Gasteiger partial charge in [-0.2, -0.15) is 5.26 Å². The Kier molecular flexibility index (Phi) is 8.42. The lowest BCUT2D eigenvalue weighted by Crippen LogP contribution is -2.53. The van der Waals surface area contributed by atoms with E-state index in [1.54, 1.807) is 4.90 Å². The van der Waals surface area contributed by atoms with Gasteiger partial charge in [0, 0.05) is 31.4 Å². The Morgan fingerprint density at radius 2 is 1.96 bits per heavy atom. The van der Waals surface area contributed by atoms with E-state index in [9.17, 15) is 13.2 Å². The molecule has 0 aliphatic carbocycles. The average Bonchev–Trinajstić information content (AvgIpc) is 2.68. The molecule has 1 fully saturated rings. The second-order valence-electron chi connectivity index (χ2n) is 7.16. The third kappa shape index (κ3) is 6.30. The predicted molar refractivity (Wildman–Crippen MR) is 110 cm³/mol. The third-order valence-electron chi connectivity index (χ3n) is 5.03. The van der Waals surface area contributed by atoms with Crippen LogP contribution in [0.2, 0.25) is 0 Å². The lowest BCUT2D eigenvalue weighted by atomic mass is 10.0. The molecule has 1 N–H and O–H groups in total. The Morgan fingerprint density at radius 1 is 1.32 bits per heavy atom. The molecule has 1 atom stereocenters. The molecule has 1 aliphatic rings. The largest absolute Gasteiger partial charge is 0.310 e. The predicted octanol–water partition coefficient (Wildman–Crippen LogP) is 2.12. The number of carbonyl (C=O) groups excluding carboxylic acids is 1. The number of nitriles is 1. The van der Waals surface area contributed by atoms with Crippen LogP contribution < -0.4 is 9.62 Å². The van der Waals surface area contributed by atoms with Gasteiger partial charge in [-0.25, -0.2) is 13.1 Å². The van der Waals surface area contributed by atoms with Gasteiger partial charge in [-0.15, -0.1) is 0 Å². The molecule has 1 aliphatic heterocycles. The first-order valence-corrected chi connectivity index (χ1v) is 11.5. The summed E-state index contributed by atoms with van der Waals surface area (Å²) >= 11 is 0. The first-order valence-electron chi connectivity index (χ1n) is 9.85. The van der Waals surface area contributed by atoms with Crippen molar-refractivity contribution in [2.45, 2.75) is 51.6 Å².